The monoisotopic (exact) mass is 455 g/mol. The van der Waals surface area contributed by atoms with Gasteiger partial charge in [0.2, 0.25) is 11.8 Å². The molecule has 0 atom stereocenters. The first-order valence-corrected chi connectivity index (χ1v) is 12.4. The van der Waals surface area contributed by atoms with E-state index in [1.165, 1.54) is 6.20 Å². The fraction of sp³-hybridized carbons (Fsp3) is 0.333. The van der Waals surface area contributed by atoms with Gasteiger partial charge >= 0.3 is 0 Å². The number of fused-ring (bicyclic) bond motifs is 1. The Morgan fingerprint density at radius 1 is 0.969 bits per heavy atom. The highest BCUT2D eigenvalue weighted by Gasteiger charge is 2.25. The number of para-hydroxylation sites is 1. The van der Waals surface area contributed by atoms with Crippen LogP contribution in [0.5, 0.6) is 0 Å². The van der Waals surface area contributed by atoms with Crippen molar-refractivity contribution in [3.8, 4) is 0 Å². The number of carbonyl (C=O) groups excluding carboxylic acids is 2. The van der Waals surface area contributed by atoms with Gasteiger partial charge in [0.25, 0.3) is 0 Å². The van der Waals surface area contributed by atoms with Gasteiger partial charge in [-0.05, 0) is 44.0 Å². The number of hydrogen-bond acceptors (Lipinski definition) is 4. The van der Waals surface area contributed by atoms with Crippen molar-refractivity contribution < 1.29 is 18.0 Å². The summed E-state index contributed by atoms with van der Waals surface area (Å²) in [4.78, 5) is 26.8. The highest BCUT2D eigenvalue weighted by molar-refractivity contribution is 7.92. The van der Waals surface area contributed by atoms with Crippen molar-refractivity contribution in [2.24, 2.45) is 0 Å². The summed E-state index contributed by atoms with van der Waals surface area (Å²) in [5.74, 6) is -1.38. The Morgan fingerprint density at radius 3 is 2.25 bits per heavy atom. The Bertz CT molecular complexity index is 1210. The van der Waals surface area contributed by atoms with E-state index in [0.29, 0.717) is 29.7 Å². The van der Waals surface area contributed by atoms with E-state index in [-0.39, 0.29) is 17.3 Å². The van der Waals surface area contributed by atoms with Gasteiger partial charge in [-0.25, -0.2) is 8.42 Å². The van der Waals surface area contributed by atoms with Gasteiger partial charge < -0.3 is 14.8 Å². The van der Waals surface area contributed by atoms with Crippen molar-refractivity contribution in [1.82, 2.24) is 9.47 Å². The van der Waals surface area contributed by atoms with E-state index in [9.17, 15) is 18.0 Å². The Labute approximate surface area is 188 Å². The van der Waals surface area contributed by atoms with Crippen LogP contribution in [-0.2, 0) is 32.4 Å². The molecule has 32 heavy (non-hydrogen) atoms. The summed E-state index contributed by atoms with van der Waals surface area (Å²) in [5, 5.41) is 3.15. The molecule has 3 aromatic rings. The number of rotatable bonds is 9. The fourth-order valence-corrected chi connectivity index (χ4v) is 5.05. The van der Waals surface area contributed by atoms with Gasteiger partial charge in [0, 0.05) is 35.9 Å². The molecule has 1 heterocycles. The Balaban J connectivity index is 1.85. The smallest absolute Gasteiger partial charge is 0.242 e. The number of hydrogen-bond donors (Lipinski definition) is 1. The SMILES string of the molecule is CCc1ccc(NC(=O)CS(=O)(=O)c2cn(CC(=O)N(CC)CC)c3ccccc23)cc1. The molecule has 7 nitrogen and oxygen atoms in total. The maximum absolute atomic E-state index is 13.1. The lowest BCUT2D eigenvalue weighted by atomic mass is 10.1. The van der Waals surface area contributed by atoms with Gasteiger partial charge in [0.15, 0.2) is 9.84 Å². The van der Waals surface area contributed by atoms with E-state index in [2.05, 4.69) is 5.32 Å². The van der Waals surface area contributed by atoms with Gasteiger partial charge in [0.1, 0.15) is 12.3 Å². The quantitative estimate of drug-likeness (QED) is 0.535. The average molecular weight is 456 g/mol. The Kier molecular flexibility index (Phi) is 7.35. The van der Waals surface area contributed by atoms with Crippen molar-refractivity contribution in [1.29, 1.82) is 0 Å². The van der Waals surface area contributed by atoms with Crippen LogP contribution in [0.15, 0.2) is 59.6 Å². The van der Waals surface area contributed by atoms with Crippen LogP contribution in [0.25, 0.3) is 10.9 Å². The lowest BCUT2D eigenvalue weighted by Crippen LogP contribution is -2.33. The van der Waals surface area contributed by atoms with E-state index in [1.807, 2.05) is 32.9 Å². The number of amides is 2. The number of nitrogens with zero attached hydrogens (tertiary/aromatic N) is 2. The van der Waals surface area contributed by atoms with E-state index < -0.39 is 21.5 Å². The molecular weight excluding hydrogens is 426 g/mol. The minimum atomic E-state index is -3.92. The zero-order valence-corrected chi connectivity index (χ0v) is 19.5. The summed E-state index contributed by atoms with van der Waals surface area (Å²) >= 11 is 0. The number of sulfone groups is 1. The van der Waals surface area contributed by atoms with Crippen molar-refractivity contribution in [3.05, 3.63) is 60.3 Å². The van der Waals surface area contributed by atoms with Gasteiger partial charge in [0.05, 0.1) is 4.90 Å². The molecule has 0 saturated heterocycles. The minimum Gasteiger partial charge on any atom is -0.342 e. The molecule has 3 rings (SSSR count). The fourth-order valence-electron chi connectivity index (χ4n) is 3.68. The second-order valence-electron chi connectivity index (χ2n) is 7.56. The predicted octanol–water partition coefficient (Wildman–Crippen LogP) is 3.48. The van der Waals surface area contributed by atoms with Crippen LogP contribution < -0.4 is 5.32 Å². The largest absolute Gasteiger partial charge is 0.342 e. The molecule has 0 bridgehead atoms. The molecule has 2 amide bonds. The van der Waals surface area contributed by atoms with E-state index >= 15 is 0 Å². The molecule has 0 aliphatic carbocycles. The number of nitrogens with one attached hydrogen (secondary N) is 1. The highest BCUT2D eigenvalue weighted by atomic mass is 32.2. The van der Waals surface area contributed by atoms with E-state index in [1.54, 1.807) is 45.9 Å². The molecule has 2 aromatic carbocycles. The number of anilines is 1. The second-order valence-corrected chi connectivity index (χ2v) is 9.52. The van der Waals surface area contributed by atoms with Crippen molar-refractivity contribution >= 4 is 38.2 Å². The molecular formula is C24H29N3O4S. The molecule has 8 heteroatoms. The lowest BCUT2D eigenvalue weighted by Gasteiger charge is -2.19. The van der Waals surface area contributed by atoms with Crippen LogP contribution in [0.3, 0.4) is 0 Å². The summed E-state index contributed by atoms with van der Waals surface area (Å²) in [6.45, 7) is 7.04. The molecule has 0 aliphatic rings. The van der Waals surface area contributed by atoms with Crippen molar-refractivity contribution in [3.63, 3.8) is 0 Å². The van der Waals surface area contributed by atoms with Crippen LogP contribution >= 0.6 is 0 Å². The number of aryl methyl sites for hydroxylation is 1. The maximum atomic E-state index is 13.1. The van der Waals surface area contributed by atoms with Crippen LogP contribution in [0.4, 0.5) is 5.69 Å². The average Bonchev–Trinajstić information content (AvgIpc) is 3.14. The molecule has 0 unspecified atom stereocenters. The molecule has 0 fully saturated rings. The molecule has 0 aliphatic heterocycles. The minimum absolute atomic E-state index is 0.0354. The summed E-state index contributed by atoms with van der Waals surface area (Å²) in [7, 11) is -3.92. The zero-order chi connectivity index (χ0) is 23.3. The molecule has 170 valence electrons. The van der Waals surface area contributed by atoms with Crippen LogP contribution in [0.1, 0.15) is 26.3 Å². The first-order chi connectivity index (χ1) is 15.3. The standard InChI is InChI=1S/C24H29N3O4S/c1-4-18-11-13-19(14-12-18)25-23(28)17-32(30,31)22-15-27(16-24(29)26(5-2)6-3)21-10-8-7-9-20(21)22/h7-15H,4-6,16-17H2,1-3H3,(H,25,28). The van der Waals surface area contributed by atoms with Gasteiger partial charge in [-0.3, -0.25) is 9.59 Å². The molecule has 0 spiro atoms. The van der Waals surface area contributed by atoms with Crippen LogP contribution in [-0.4, -0.2) is 48.5 Å². The summed E-state index contributed by atoms with van der Waals surface area (Å²) in [6, 6.07) is 14.3. The number of aromatic nitrogens is 1. The van der Waals surface area contributed by atoms with Crippen LogP contribution in [0.2, 0.25) is 0 Å². The maximum Gasteiger partial charge on any atom is 0.242 e. The third-order valence-corrected chi connectivity index (χ3v) is 7.11. The predicted molar refractivity (Wildman–Crippen MR) is 126 cm³/mol. The number of benzene rings is 2. The summed E-state index contributed by atoms with van der Waals surface area (Å²) in [5.41, 5.74) is 2.32. The third kappa shape index (κ3) is 5.19. The third-order valence-electron chi connectivity index (χ3n) is 5.48. The second kappa shape index (κ2) is 9.99. The number of carbonyl (C=O) groups is 2. The first-order valence-electron chi connectivity index (χ1n) is 10.8. The first kappa shape index (κ1) is 23.5. The Morgan fingerprint density at radius 2 is 1.62 bits per heavy atom. The molecule has 0 radical (unpaired) electrons. The molecule has 1 N–H and O–H groups in total. The lowest BCUT2D eigenvalue weighted by molar-refractivity contribution is -0.131. The van der Waals surface area contributed by atoms with Gasteiger partial charge in [-0.15, -0.1) is 0 Å². The normalized spacial score (nSPS) is 11.5. The van der Waals surface area contributed by atoms with Crippen molar-refractivity contribution in [2.45, 2.75) is 38.6 Å². The highest BCUT2D eigenvalue weighted by Crippen LogP contribution is 2.26. The van der Waals surface area contributed by atoms with E-state index in [0.717, 1.165) is 12.0 Å². The summed E-state index contributed by atoms with van der Waals surface area (Å²) in [6.07, 6.45) is 2.34. The number of likely N-dealkylation sites (N-methyl/N-ethyl adjacent to an activating group) is 1. The van der Waals surface area contributed by atoms with Crippen molar-refractivity contribution in [2.75, 3.05) is 24.2 Å². The van der Waals surface area contributed by atoms with E-state index in [4.69, 9.17) is 0 Å². The van der Waals surface area contributed by atoms with Crippen LogP contribution in [0, 0.1) is 0 Å². The molecule has 0 saturated carbocycles. The zero-order valence-electron chi connectivity index (χ0n) is 18.7. The topological polar surface area (TPSA) is 88.5 Å². The molecule has 1 aromatic heterocycles. The summed E-state index contributed by atoms with van der Waals surface area (Å²) < 4.78 is 27.9. The van der Waals surface area contributed by atoms with Gasteiger partial charge in [-0.1, -0.05) is 37.3 Å². The van der Waals surface area contributed by atoms with Gasteiger partial charge in [-0.2, -0.15) is 0 Å². The Hall–Kier alpha value is -3.13.